The Morgan fingerprint density at radius 2 is 1.21 bits per heavy atom. The summed E-state index contributed by atoms with van der Waals surface area (Å²) in [6.07, 6.45) is 11.8. The van der Waals surface area contributed by atoms with Gasteiger partial charge in [0.15, 0.2) is 0 Å². The van der Waals surface area contributed by atoms with E-state index in [0.29, 0.717) is 0 Å². The van der Waals surface area contributed by atoms with E-state index in [4.69, 9.17) is 0 Å². The third-order valence-electron chi connectivity index (χ3n) is 3.48. The third kappa shape index (κ3) is 3.61. The summed E-state index contributed by atoms with van der Waals surface area (Å²) in [5.74, 6) is 0. The lowest BCUT2D eigenvalue weighted by molar-refractivity contribution is 0.204. The molecule has 0 amide bonds. The fourth-order valence-electron chi connectivity index (χ4n) is 2.73. The van der Waals surface area contributed by atoms with Crippen molar-refractivity contribution in [2.24, 2.45) is 0 Å². The van der Waals surface area contributed by atoms with Crippen LogP contribution in [-0.4, -0.2) is 24.0 Å². The molecule has 0 aromatic heterocycles. The lowest BCUT2D eigenvalue weighted by Gasteiger charge is -2.27. The van der Waals surface area contributed by atoms with E-state index in [0.717, 1.165) is 6.04 Å². The predicted octanol–water partition coefficient (Wildman–Crippen LogP) is 3.83. The Bertz CT molecular complexity index is 105. The summed E-state index contributed by atoms with van der Waals surface area (Å²) in [5.41, 5.74) is 0. The third-order valence-corrected chi connectivity index (χ3v) is 3.48. The number of fused-ring (bicyclic) bond motifs is 1. The van der Waals surface area contributed by atoms with Crippen LogP contribution in [0.1, 0.15) is 65.2 Å². The normalized spacial score (nSPS) is 25.3. The van der Waals surface area contributed by atoms with Crippen molar-refractivity contribution in [2.75, 3.05) is 13.1 Å². The molecule has 1 heteroatoms. The Hall–Kier alpha value is -0.0400. The molecule has 2 heterocycles. The minimum atomic E-state index is 0.968. The van der Waals surface area contributed by atoms with E-state index >= 15 is 0 Å². The summed E-state index contributed by atoms with van der Waals surface area (Å²) in [6, 6.07) is 0.968. The average molecular weight is 197 g/mol. The van der Waals surface area contributed by atoms with Crippen molar-refractivity contribution < 1.29 is 0 Å². The van der Waals surface area contributed by atoms with E-state index in [-0.39, 0.29) is 0 Å². The minimum absolute atomic E-state index is 0.968. The second-order valence-corrected chi connectivity index (χ2v) is 4.39. The highest BCUT2D eigenvalue weighted by Gasteiger charge is 2.21. The van der Waals surface area contributed by atoms with Crippen LogP contribution in [0.15, 0.2) is 0 Å². The van der Waals surface area contributed by atoms with E-state index in [9.17, 15) is 0 Å². The zero-order valence-electron chi connectivity index (χ0n) is 10.1. The molecule has 0 aromatic carbocycles. The maximum absolute atomic E-state index is 2.76. The van der Waals surface area contributed by atoms with Gasteiger partial charge in [0.25, 0.3) is 0 Å². The first-order chi connectivity index (χ1) is 6.97. The van der Waals surface area contributed by atoms with Crippen molar-refractivity contribution in [3.63, 3.8) is 0 Å². The highest BCUT2D eigenvalue weighted by Crippen LogP contribution is 2.24. The van der Waals surface area contributed by atoms with Crippen LogP contribution in [0, 0.1) is 0 Å². The first kappa shape index (κ1) is 12.0. The van der Waals surface area contributed by atoms with E-state index in [2.05, 4.69) is 4.90 Å². The summed E-state index contributed by atoms with van der Waals surface area (Å²) in [7, 11) is 0. The summed E-state index contributed by atoms with van der Waals surface area (Å²) < 4.78 is 0. The number of nitrogens with zero attached hydrogens (tertiary/aromatic N) is 1. The van der Waals surface area contributed by atoms with Gasteiger partial charge in [-0.1, -0.05) is 39.5 Å². The van der Waals surface area contributed by atoms with E-state index in [1.165, 1.54) is 64.5 Å². The number of rotatable bonds is 0. The molecule has 0 aliphatic carbocycles. The van der Waals surface area contributed by atoms with Crippen LogP contribution in [0.2, 0.25) is 0 Å². The number of hydrogen-bond donors (Lipinski definition) is 0. The van der Waals surface area contributed by atoms with Crippen molar-refractivity contribution >= 4 is 0 Å². The Labute approximate surface area is 89.9 Å². The Kier molecular flexibility index (Phi) is 6.25. The van der Waals surface area contributed by atoms with Gasteiger partial charge in [0.2, 0.25) is 0 Å². The van der Waals surface area contributed by atoms with Crippen molar-refractivity contribution in [1.82, 2.24) is 4.90 Å². The first-order valence-corrected chi connectivity index (χ1v) is 6.71. The second-order valence-electron chi connectivity index (χ2n) is 4.39. The molecule has 0 saturated carbocycles. The van der Waals surface area contributed by atoms with Crippen LogP contribution in [0.4, 0.5) is 0 Å². The SMILES string of the molecule is C1CCC2CCCCCN2CC1.CC. The molecule has 0 N–H and O–H groups in total. The molecule has 0 atom stereocenters. The largest absolute Gasteiger partial charge is 0.300 e. The van der Waals surface area contributed by atoms with Crippen LogP contribution < -0.4 is 0 Å². The molecule has 14 heavy (non-hydrogen) atoms. The highest BCUT2D eigenvalue weighted by atomic mass is 15.2. The molecule has 0 spiro atoms. The van der Waals surface area contributed by atoms with Crippen LogP contribution in [0.25, 0.3) is 0 Å². The molecule has 2 aliphatic heterocycles. The molecule has 0 unspecified atom stereocenters. The Balaban J connectivity index is 0.000000461. The van der Waals surface area contributed by atoms with Gasteiger partial charge in [0.05, 0.1) is 0 Å². The smallest absolute Gasteiger partial charge is 0.00952 e. The lowest BCUT2D eigenvalue weighted by atomic mass is 10.1. The van der Waals surface area contributed by atoms with Gasteiger partial charge in [-0.15, -0.1) is 0 Å². The average Bonchev–Trinajstić information content (AvgIpc) is 2.56. The fraction of sp³-hybridized carbons (Fsp3) is 1.00. The molecule has 2 saturated heterocycles. The van der Waals surface area contributed by atoms with Crippen molar-refractivity contribution in [2.45, 2.75) is 71.3 Å². The number of hydrogen-bond acceptors (Lipinski definition) is 1. The molecule has 1 nitrogen and oxygen atoms in total. The standard InChI is InChI=1S/C11H21N.C2H6/c1-3-7-11-8-4-2-6-10-12(11)9-5-1;1-2/h11H,1-10H2;1-2H3. The van der Waals surface area contributed by atoms with Crippen molar-refractivity contribution in [1.29, 1.82) is 0 Å². The zero-order chi connectivity index (χ0) is 10.2. The first-order valence-electron chi connectivity index (χ1n) is 6.71. The van der Waals surface area contributed by atoms with Crippen LogP contribution in [0.5, 0.6) is 0 Å². The van der Waals surface area contributed by atoms with Gasteiger partial charge in [-0.05, 0) is 38.8 Å². The van der Waals surface area contributed by atoms with Gasteiger partial charge in [-0.3, -0.25) is 0 Å². The lowest BCUT2D eigenvalue weighted by Crippen LogP contribution is -2.34. The van der Waals surface area contributed by atoms with Crippen LogP contribution in [-0.2, 0) is 0 Å². The van der Waals surface area contributed by atoms with Crippen molar-refractivity contribution in [3.05, 3.63) is 0 Å². The second kappa shape index (κ2) is 7.28. The summed E-state index contributed by atoms with van der Waals surface area (Å²) in [4.78, 5) is 2.76. The fourth-order valence-corrected chi connectivity index (χ4v) is 2.73. The molecule has 2 rings (SSSR count). The van der Waals surface area contributed by atoms with Crippen molar-refractivity contribution in [3.8, 4) is 0 Å². The zero-order valence-corrected chi connectivity index (χ0v) is 10.1. The summed E-state index contributed by atoms with van der Waals surface area (Å²) >= 11 is 0. The molecular formula is C13H27N. The minimum Gasteiger partial charge on any atom is -0.300 e. The topological polar surface area (TPSA) is 3.24 Å². The van der Waals surface area contributed by atoms with Gasteiger partial charge in [0, 0.05) is 6.04 Å². The summed E-state index contributed by atoms with van der Waals surface area (Å²) in [5, 5.41) is 0. The predicted molar refractivity (Wildman–Crippen MR) is 63.6 cm³/mol. The molecular weight excluding hydrogens is 170 g/mol. The maximum atomic E-state index is 2.76. The van der Waals surface area contributed by atoms with Gasteiger partial charge in [0.1, 0.15) is 0 Å². The molecule has 2 aliphatic rings. The van der Waals surface area contributed by atoms with Crippen LogP contribution in [0.3, 0.4) is 0 Å². The van der Waals surface area contributed by atoms with Gasteiger partial charge in [-0.2, -0.15) is 0 Å². The van der Waals surface area contributed by atoms with E-state index in [1.54, 1.807) is 0 Å². The van der Waals surface area contributed by atoms with Gasteiger partial charge in [-0.25, -0.2) is 0 Å². The van der Waals surface area contributed by atoms with E-state index in [1.807, 2.05) is 13.8 Å². The maximum Gasteiger partial charge on any atom is 0.00952 e. The van der Waals surface area contributed by atoms with E-state index < -0.39 is 0 Å². The van der Waals surface area contributed by atoms with Gasteiger partial charge >= 0.3 is 0 Å². The Morgan fingerprint density at radius 1 is 0.714 bits per heavy atom. The molecule has 2 fully saturated rings. The summed E-state index contributed by atoms with van der Waals surface area (Å²) in [6.45, 7) is 6.79. The monoisotopic (exact) mass is 197 g/mol. The molecule has 0 radical (unpaired) electrons. The Morgan fingerprint density at radius 3 is 1.71 bits per heavy atom. The van der Waals surface area contributed by atoms with Gasteiger partial charge < -0.3 is 4.90 Å². The highest BCUT2D eigenvalue weighted by molar-refractivity contribution is 4.77. The molecule has 84 valence electrons. The quantitative estimate of drug-likeness (QED) is 0.570. The molecule has 0 aromatic rings. The molecule has 0 bridgehead atoms. The van der Waals surface area contributed by atoms with Crippen LogP contribution >= 0.6 is 0 Å².